The summed E-state index contributed by atoms with van der Waals surface area (Å²) in [5.41, 5.74) is 0. The molecule has 0 heterocycles. The molecule has 0 spiro atoms. The molecular formula is C32H73FN2O. The van der Waals surface area contributed by atoms with Crippen LogP contribution in [0.25, 0.3) is 0 Å². The summed E-state index contributed by atoms with van der Waals surface area (Å²) in [5, 5.41) is 0. The van der Waals surface area contributed by atoms with E-state index in [0.29, 0.717) is 0 Å². The van der Waals surface area contributed by atoms with Gasteiger partial charge in [-0.1, -0.05) is 107 Å². The van der Waals surface area contributed by atoms with Crippen LogP contribution in [-0.4, -0.2) is 66.8 Å². The second kappa shape index (κ2) is 31.0. The third kappa shape index (κ3) is 23.0. The highest BCUT2D eigenvalue weighted by Crippen LogP contribution is 2.17. The molecule has 224 valence electrons. The van der Waals surface area contributed by atoms with Crippen LogP contribution in [0, 0.1) is 0 Å². The molecule has 0 aromatic heterocycles. The van der Waals surface area contributed by atoms with Gasteiger partial charge in [-0.15, -0.1) is 0 Å². The van der Waals surface area contributed by atoms with Crippen molar-refractivity contribution in [2.75, 3.05) is 52.4 Å². The van der Waals surface area contributed by atoms with Crippen LogP contribution in [-0.2, 0) is 0 Å². The third-order valence-electron chi connectivity index (χ3n) is 7.89. The predicted octanol–water partition coefficient (Wildman–Crippen LogP) is 6.83. The Morgan fingerprint density at radius 2 is 0.389 bits per heavy atom. The van der Waals surface area contributed by atoms with E-state index in [0.717, 1.165) is 0 Å². The lowest BCUT2D eigenvalue weighted by Crippen LogP contribution is -3.00. The molecule has 0 radical (unpaired) electrons. The van der Waals surface area contributed by atoms with E-state index in [1.165, 1.54) is 164 Å². The van der Waals surface area contributed by atoms with Gasteiger partial charge in [-0.2, -0.15) is 0 Å². The molecule has 0 aliphatic rings. The van der Waals surface area contributed by atoms with Gasteiger partial charge < -0.3 is 19.1 Å². The summed E-state index contributed by atoms with van der Waals surface area (Å²) in [6.45, 7) is 30.0. The molecule has 0 fully saturated rings. The van der Waals surface area contributed by atoms with Crippen LogP contribution in [0.15, 0.2) is 0 Å². The van der Waals surface area contributed by atoms with Crippen molar-refractivity contribution in [3.63, 3.8) is 0 Å². The molecule has 4 heteroatoms. The quantitative estimate of drug-likeness (QED) is 0.128. The van der Waals surface area contributed by atoms with Gasteiger partial charge in [0.15, 0.2) is 0 Å². The van der Waals surface area contributed by atoms with Crippen molar-refractivity contribution < 1.29 is 19.1 Å². The predicted molar refractivity (Wildman–Crippen MR) is 161 cm³/mol. The van der Waals surface area contributed by atoms with Crippen LogP contribution < -0.4 is 4.70 Å². The maximum Gasteiger partial charge on any atom is 0.0786 e. The molecule has 0 unspecified atom stereocenters. The monoisotopic (exact) mass is 521 g/mol. The fourth-order valence-electron chi connectivity index (χ4n) is 5.29. The first-order valence-electron chi connectivity index (χ1n) is 16.2. The minimum absolute atomic E-state index is 0. The van der Waals surface area contributed by atoms with Crippen LogP contribution >= 0.6 is 0 Å². The lowest BCUT2D eigenvalue weighted by molar-refractivity contribution is -0.929. The Labute approximate surface area is 229 Å². The summed E-state index contributed by atoms with van der Waals surface area (Å²) in [7, 11) is 0. The van der Waals surface area contributed by atoms with Gasteiger partial charge in [0, 0.05) is 0 Å². The van der Waals surface area contributed by atoms with Crippen molar-refractivity contribution in [3.05, 3.63) is 0 Å². The zero-order chi connectivity index (χ0) is 26.0. The number of hydrogen-bond donors (Lipinski definition) is 0. The molecule has 0 rings (SSSR count). The minimum Gasteiger partial charge on any atom is -1.00 e. The van der Waals surface area contributed by atoms with E-state index < -0.39 is 0 Å². The van der Waals surface area contributed by atoms with Gasteiger partial charge in [0.25, 0.3) is 0 Å². The van der Waals surface area contributed by atoms with Crippen molar-refractivity contribution >= 4 is 0 Å². The molecule has 0 aliphatic heterocycles. The molecule has 0 saturated heterocycles. The Morgan fingerprint density at radius 3 is 0.472 bits per heavy atom. The fraction of sp³-hybridized carbons (Fsp3) is 1.00. The second-order valence-corrected chi connectivity index (χ2v) is 11.3. The second-order valence-electron chi connectivity index (χ2n) is 11.3. The first-order valence-corrected chi connectivity index (χ1v) is 16.2. The van der Waals surface area contributed by atoms with Gasteiger partial charge in [0.1, 0.15) is 0 Å². The van der Waals surface area contributed by atoms with E-state index in [2.05, 4.69) is 55.4 Å². The zero-order valence-corrected chi connectivity index (χ0v) is 26.7. The summed E-state index contributed by atoms with van der Waals surface area (Å²) < 4.78 is 2.84. The molecular weight excluding hydrogens is 447 g/mol. The van der Waals surface area contributed by atoms with Crippen molar-refractivity contribution in [2.45, 2.75) is 158 Å². The molecule has 0 saturated carbocycles. The van der Waals surface area contributed by atoms with Crippen LogP contribution in [0.3, 0.4) is 0 Å². The minimum atomic E-state index is 0. The number of rotatable bonds is 24. The normalized spacial score (nSPS) is 11.3. The highest BCUT2D eigenvalue weighted by Gasteiger charge is 2.25. The van der Waals surface area contributed by atoms with Gasteiger partial charge >= 0.3 is 0 Å². The Kier molecular flexibility index (Phi) is 37.0. The molecule has 0 aliphatic carbocycles. The highest BCUT2D eigenvalue weighted by atomic mass is 19.0. The summed E-state index contributed by atoms with van der Waals surface area (Å²) >= 11 is 0. The van der Waals surface area contributed by atoms with E-state index >= 15 is 0 Å². The Morgan fingerprint density at radius 1 is 0.278 bits per heavy atom. The number of unbranched alkanes of at least 4 members (excludes halogenated alkanes) is 8. The maximum absolute atomic E-state index is 2.33. The van der Waals surface area contributed by atoms with E-state index in [-0.39, 0.29) is 10.2 Å². The van der Waals surface area contributed by atoms with Crippen molar-refractivity contribution in [1.29, 1.82) is 0 Å². The average molecular weight is 521 g/mol. The maximum atomic E-state index is 2.33. The summed E-state index contributed by atoms with van der Waals surface area (Å²) in [6.07, 6.45) is 22.1. The largest absolute Gasteiger partial charge is 1.00 e. The Bertz CT molecular complexity index is 281. The molecule has 36 heavy (non-hydrogen) atoms. The van der Waals surface area contributed by atoms with Crippen LogP contribution in [0.4, 0.5) is 0 Å². The fourth-order valence-corrected chi connectivity index (χ4v) is 5.29. The molecule has 1 N–H and O–H groups in total. The standard InChI is InChI=1S/2C16H36N.FH.H2O/c2*1-5-9-13-17(14-10-6-2,15-11-7-3)16-12-8-4;;/h2*5-16H2,1-4H3;1H;1H2/q2*+1;;/p-2. The first-order chi connectivity index (χ1) is 16.5. The topological polar surface area (TPSA) is 30.0 Å². The number of halogens is 1. The first kappa shape index (κ1) is 42.9. The van der Waals surface area contributed by atoms with Gasteiger partial charge in [0.05, 0.1) is 52.4 Å². The van der Waals surface area contributed by atoms with Crippen molar-refractivity contribution in [1.82, 2.24) is 0 Å². The molecule has 0 aromatic carbocycles. The molecule has 0 bridgehead atoms. The Hall–Kier alpha value is -0.190. The van der Waals surface area contributed by atoms with E-state index in [1.807, 2.05) is 0 Å². The molecule has 0 aromatic rings. The van der Waals surface area contributed by atoms with E-state index in [4.69, 9.17) is 0 Å². The Balaban J connectivity index is -0.000000269. The number of nitrogens with zero attached hydrogens (tertiary/aromatic N) is 2. The smallest absolute Gasteiger partial charge is 0.0786 e. The molecule has 0 atom stereocenters. The highest BCUT2D eigenvalue weighted by molar-refractivity contribution is 4.50. The lowest BCUT2D eigenvalue weighted by atomic mass is 10.1. The average Bonchev–Trinajstić information content (AvgIpc) is 2.87. The van der Waals surface area contributed by atoms with Gasteiger partial charge in [-0.3, -0.25) is 0 Å². The van der Waals surface area contributed by atoms with Crippen molar-refractivity contribution in [3.8, 4) is 0 Å². The van der Waals surface area contributed by atoms with Gasteiger partial charge in [-0.25, -0.2) is 0 Å². The SMILES string of the molecule is CCCC[N+](CCCC)(CCCC)CCCC.CCCC[N+](CCCC)(CCCC)CCCC.[F-].[OH-]. The van der Waals surface area contributed by atoms with Gasteiger partial charge in [-0.05, 0) is 51.4 Å². The summed E-state index contributed by atoms with van der Waals surface area (Å²) in [4.78, 5) is 0. The number of hydrogen-bond acceptors (Lipinski definition) is 1. The number of quaternary nitrogens is 2. The zero-order valence-electron chi connectivity index (χ0n) is 26.7. The van der Waals surface area contributed by atoms with E-state index in [9.17, 15) is 0 Å². The third-order valence-corrected chi connectivity index (χ3v) is 7.89. The van der Waals surface area contributed by atoms with Crippen LogP contribution in [0.1, 0.15) is 158 Å². The lowest BCUT2D eigenvalue weighted by Gasteiger charge is -2.39. The van der Waals surface area contributed by atoms with Crippen LogP contribution in [0.2, 0.25) is 0 Å². The summed E-state index contributed by atoms with van der Waals surface area (Å²) in [6, 6.07) is 0. The van der Waals surface area contributed by atoms with E-state index in [1.54, 1.807) is 0 Å². The molecule has 0 amide bonds. The molecule has 3 nitrogen and oxygen atoms in total. The van der Waals surface area contributed by atoms with Gasteiger partial charge in [0.2, 0.25) is 0 Å². The van der Waals surface area contributed by atoms with Crippen LogP contribution in [0.5, 0.6) is 0 Å². The van der Waals surface area contributed by atoms with Crippen molar-refractivity contribution in [2.24, 2.45) is 0 Å². The summed E-state index contributed by atoms with van der Waals surface area (Å²) in [5.74, 6) is 0.